The molecule has 1 aromatic rings. The molecular formula is C4H4NOS2-. The van der Waals surface area contributed by atoms with Crippen molar-refractivity contribution in [1.29, 1.82) is 4.78 Å². The highest BCUT2D eigenvalue weighted by Gasteiger charge is 1.76. The van der Waals surface area contributed by atoms with Crippen LogP contribution >= 0.6 is 11.3 Å². The molecule has 0 unspecified atom stereocenters. The van der Waals surface area contributed by atoms with Gasteiger partial charge in [-0.05, 0) is 10.8 Å². The van der Waals surface area contributed by atoms with E-state index in [4.69, 9.17) is 4.78 Å². The highest BCUT2D eigenvalue weighted by atomic mass is 32.2. The van der Waals surface area contributed by atoms with Crippen molar-refractivity contribution in [3.63, 3.8) is 0 Å². The van der Waals surface area contributed by atoms with E-state index in [1.807, 2.05) is 5.38 Å². The summed E-state index contributed by atoms with van der Waals surface area (Å²) in [5.41, 5.74) is 0. The van der Waals surface area contributed by atoms with Gasteiger partial charge in [0.15, 0.2) is 0 Å². The van der Waals surface area contributed by atoms with E-state index in [0.29, 0.717) is 4.90 Å². The minimum absolute atomic E-state index is 0.593. The van der Waals surface area contributed by atoms with Crippen molar-refractivity contribution in [2.24, 2.45) is 0 Å². The van der Waals surface area contributed by atoms with Gasteiger partial charge in [0, 0.05) is 0 Å². The van der Waals surface area contributed by atoms with Crippen LogP contribution in [0, 0.1) is 4.78 Å². The minimum atomic E-state index is -1.54. The summed E-state index contributed by atoms with van der Waals surface area (Å²) in [6.45, 7) is 0. The maximum absolute atomic E-state index is 10.3. The van der Waals surface area contributed by atoms with E-state index in [2.05, 4.69) is 0 Å². The van der Waals surface area contributed by atoms with E-state index in [1.54, 1.807) is 11.4 Å². The molecule has 1 heterocycles. The molecule has 0 aromatic carbocycles. The Bertz CT molecular complexity index is 216. The maximum atomic E-state index is 10.3. The van der Waals surface area contributed by atoms with Crippen LogP contribution in [0.2, 0.25) is 0 Å². The molecule has 1 aromatic heterocycles. The average Bonchev–Trinajstić information content (AvgIpc) is 2.12. The summed E-state index contributed by atoms with van der Waals surface area (Å²) < 4.78 is 17.0. The molecule has 0 spiro atoms. The van der Waals surface area contributed by atoms with Crippen molar-refractivity contribution in [3.8, 4) is 0 Å². The molecule has 1 N–H and O–H groups in total. The summed E-state index contributed by atoms with van der Waals surface area (Å²) in [4.78, 5) is 0.593. The van der Waals surface area contributed by atoms with Crippen LogP contribution in [-0.2, 0) is 14.8 Å². The first kappa shape index (κ1) is 5.78. The number of rotatable bonds is 1. The third-order valence-corrected chi connectivity index (χ3v) is 2.22. The maximum Gasteiger partial charge on any atom is -0.0109 e. The first-order chi connectivity index (χ1) is 3.80. The predicted octanol–water partition coefficient (Wildman–Crippen LogP) is 1.83. The molecule has 0 saturated carbocycles. The van der Waals surface area contributed by atoms with E-state index < -0.39 is 10.6 Å². The van der Waals surface area contributed by atoms with E-state index >= 15 is 0 Å². The van der Waals surface area contributed by atoms with Crippen LogP contribution in [0.25, 0.3) is 0 Å². The van der Waals surface area contributed by atoms with Crippen LogP contribution in [0.3, 0.4) is 0 Å². The first-order valence-corrected chi connectivity index (χ1v) is 4.05. The Morgan fingerprint density at radius 2 is 2.50 bits per heavy atom. The highest BCUT2D eigenvalue weighted by Crippen LogP contribution is 2.06. The topological polar surface area (TPSA) is 40.9 Å². The van der Waals surface area contributed by atoms with E-state index in [0.717, 1.165) is 0 Å². The molecule has 0 aliphatic heterocycles. The number of nitrogens with one attached hydrogen (secondary N) is 1. The van der Waals surface area contributed by atoms with Gasteiger partial charge in [0.25, 0.3) is 0 Å². The van der Waals surface area contributed by atoms with Gasteiger partial charge in [-0.25, -0.2) is 0 Å². The second kappa shape index (κ2) is 2.28. The summed E-state index contributed by atoms with van der Waals surface area (Å²) in [5.74, 6) is 0. The SMILES string of the molecule is N=[S-](=O)c1ccsc1. The fraction of sp³-hybridized carbons (Fsp3) is 0. The molecule has 8 heavy (non-hydrogen) atoms. The van der Waals surface area contributed by atoms with Gasteiger partial charge in [0.1, 0.15) is 0 Å². The van der Waals surface area contributed by atoms with Crippen molar-refractivity contribution >= 4 is 21.9 Å². The Balaban J connectivity index is 3.11. The smallest absolute Gasteiger partial charge is 0.0109 e. The van der Waals surface area contributed by atoms with Gasteiger partial charge in [-0.3, -0.25) is 0 Å². The van der Waals surface area contributed by atoms with Crippen LogP contribution in [0.1, 0.15) is 0 Å². The molecule has 0 aliphatic rings. The number of thiophene rings is 1. The van der Waals surface area contributed by atoms with Crippen molar-refractivity contribution in [1.82, 2.24) is 0 Å². The van der Waals surface area contributed by atoms with Crippen molar-refractivity contribution in [2.75, 3.05) is 0 Å². The lowest BCUT2D eigenvalue weighted by molar-refractivity contribution is 0.599. The molecule has 0 radical (unpaired) electrons. The molecule has 0 atom stereocenters. The molecule has 0 saturated heterocycles. The van der Waals surface area contributed by atoms with E-state index in [1.165, 1.54) is 11.3 Å². The monoisotopic (exact) mass is 146 g/mol. The molecule has 1 rings (SSSR count). The van der Waals surface area contributed by atoms with Gasteiger partial charge in [0.2, 0.25) is 0 Å². The fourth-order valence-corrected chi connectivity index (χ4v) is 1.67. The third-order valence-electron chi connectivity index (χ3n) is 0.709. The fourth-order valence-electron chi connectivity index (χ4n) is 0.357. The van der Waals surface area contributed by atoms with Gasteiger partial charge < -0.3 is 8.99 Å². The lowest BCUT2D eigenvalue weighted by atomic mass is 10.7. The van der Waals surface area contributed by atoms with E-state index in [9.17, 15) is 4.21 Å². The van der Waals surface area contributed by atoms with Crippen molar-refractivity contribution < 1.29 is 4.21 Å². The second-order valence-electron chi connectivity index (χ2n) is 1.23. The van der Waals surface area contributed by atoms with Crippen LogP contribution in [-0.4, -0.2) is 0 Å². The summed E-state index contributed by atoms with van der Waals surface area (Å²) in [5, 5.41) is 3.52. The largest absolute Gasteiger partial charge is 0.440 e. The molecule has 0 fully saturated rings. The molecule has 2 nitrogen and oxygen atoms in total. The summed E-state index contributed by atoms with van der Waals surface area (Å²) in [6.07, 6.45) is 0. The Labute approximate surface area is 53.2 Å². The molecular weight excluding hydrogens is 142 g/mol. The lowest BCUT2D eigenvalue weighted by Crippen LogP contribution is -1.64. The van der Waals surface area contributed by atoms with Crippen molar-refractivity contribution in [2.45, 2.75) is 4.90 Å². The zero-order valence-corrected chi connectivity index (χ0v) is 5.59. The minimum Gasteiger partial charge on any atom is -0.440 e. The van der Waals surface area contributed by atoms with Crippen LogP contribution < -0.4 is 0 Å². The zero-order valence-electron chi connectivity index (χ0n) is 3.96. The number of hydrogen-bond donors (Lipinski definition) is 1. The Morgan fingerprint density at radius 1 is 1.75 bits per heavy atom. The Hall–Kier alpha value is -0.350. The molecule has 0 aliphatic carbocycles. The van der Waals surface area contributed by atoms with Crippen LogP contribution in [0.5, 0.6) is 0 Å². The molecule has 0 amide bonds. The van der Waals surface area contributed by atoms with Crippen molar-refractivity contribution in [3.05, 3.63) is 16.8 Å². The van der Waals surface area contributed by atoms with E-state index in [-0.39, 0.29) is 0 Å². The molecule has 0 bridgehead atoms. The molecule has 4 heteroatoms. The second-order valence-corrected chi connectivity index (χ2v) is 3.02. The standard InChI is InChI=1S/C4H4NOS2/c5-8(6)4-1-2-7-3-4/h1-3,5H/q-1. The zero-order chi connectivity index (χ0) is 5.98. The quantitative estimate of drug-likeness (QED) is 0.603. The van der Waals surface area contributed by atoms with Gasteiger partial charge in [-0.15, -0.1) is 0 Å². The van der Waals surface area contributed by atoms with Gasteiger partial charge in [-0.1, -0.05) is 11.0 Å². The van der Waals surface area contributed by atoms with Gasteiger partial charge >= 0.3 is 0 Å². The average molecular weight is 146 g/mol. The van der Waals surface area contributed by atoms with Crippen LogP contribution in [0.15, 0.2) is 21.7 Å². The normalized spacial score (nSPS) is 10.1. The lowest BCUT2D eigenvalue weighted by Gasteiger charge is -1.89. The van der Waals surface area contributed by atoms with Gasteiger partial charge in [0.05, 0.1) is 0 Å². The first-order valence-electron chi connectivity index (χ1n) is 1.96. The van der Waals surface area contributed by atoms with Gasteiger partial charge in [-0.2, -0.15) is 21.9 Å². The Kier molecular flexibility index (Phi) is 1.65. The number of hydrogen-bond acceptors (Lipinski definition) is 4. The summed E-state index contributed by atoms with van der Waals surface area (Å²) in [7, 11) is -1.54. The van der Waals surface area contributed by atoms with Crippen LogP contribution in [0.4, 0.5) is 0 Å². The molecule has 44 valence electrons. The predicted molar refractivity (Wildman–Crippen MR) is 33.4 cm³/mol. The third kappa shape index (κ3) is 1.08. The Morgan fingerprint density at radius 3 is 2.75 bits per heavy atom. The summed E-state index contributed by atoms with van der Waals surface area (Å²) >= 11 is 1.45. The highest BCUT2D eigenvalue weighted by molar-refractivity contribution is 7.73. The summed E-state index contributed by atoms with van der Waals surface area (Å²) in [6, 6.07) is 1.69.